The van der Waals surface area contributed by atoms with Crippen LogP contribution in [-0.4, -0.2) is 55.4 Å². The lowest BCUT2D eigenvalue weighted by Gasteiger charge is -2.34. The molecular formula is C15H20N4O. The lowest BCUT2D eigenvalue weighted by atomic mass is 10.1. The summed E-state index contributed by atoms with van der Waals surface area (Å²) in [6.45, 7) is 4.32. The van der Waals surface area contributed by atoms with Gasteiger partial charge in [-0.2, -0.15) is 5.10 Å². The third-order valence-electron chi connectivity index (χ3n) is 3.84. The van der Waals surface area contributed by atoms with Crippen LogP contribution in [-0.2, 0) is 0 Å². The Morgan fingerprint density at radius 1 is 1.15 bits per heavy atom. The summed E-state index contributed by atoms with van der Waals surface area (Å²) in [4.78, 5) is 4.76. The molecule has 2 heterocycles. The van der Waals surface area contributed by atoms with Crippen LogP contribution in [0.3, 0.4) is 0 Å². The number of aromatic nitrogens is 2. The number of ether oxygens (including phenoxy) is 1. The van der Waals surface area contributed by atoms with Crippen molar-refractivity contribution in [2.75, 3.05) is 45.2 Å². The van der Waals surface area contributed by atoms with Crippen molar-refractivity contribution in [2.45, 2.75) is 0 Å². The molecule has 1 aromatic carbocycles. The average Bonchev–Trinajstić information content (AvgIpc) is 3.01. The molecule has 1 aliphatic rings. The molecule has 0 radical (unpaired) electrons. The second-order valence-electron chi connectivity index (χ2n) is 5.15. The SMILES string of the molecule is COc1cc(N2CCN(C)CC2)ccc1-c1ccn[nH]1. The first-order chi connectivity index (χ1) is 9.78. The molecule has 1 aromatic heterocycles. The van der Waals surface area contributed by atoms with E-state index in [0.29, 0.717) is 0 Å². The molecule has 3 rings (SSSR count). The van der Waals surface area contributed by atoms with Gasteiger partial charge in [-0.1, -0.05) is 0 Å². The zero-order valence-corrected chi connectivity index (χ0v) is 12.0. The van der Waals surface area contributed by atoms with Gasteiger partial charge in [0, 0.05) is 49.7 Å². The Hall–Kier alpha value is -2.01. The highest BCUT2D eigenvalue weighted by atomic mass is 16.5. The first kappa shape index (κ1) is 13.0. The summed E-state index contributed by atoms with van der Waals surface area (Å²) < 4.78 is 5.54. The molecule has 0 amide bonds. The Kier molecular flexibility index (Phi) is 3.60. The van der Waals surface area contributed by atoms with E-state index in [1.165, 1.54) is 5.69 Å². The molecule has 5 heteroatoms. The minimum absolute atomic E-state index is 0.880. The standard InChI is InChI=1S/C15H20N4O/c1-18-7-9-19(10-8-18)12-3-4-13(15(11-12)20-2)14-5-6-16-17-14/h3-6,11H,7-10H2,1-2H3,(H,16,17). The number of piperazine rings is 1. The van der Waals surface area contributed by atoms with Crippen molar-refractivity contribution in [1.82, 2.24) is 15.1 Å². The minimum Gasteiger partial charge on any atom is -0.496 e. The zero-order valence-electron chi connectivity index (χ0n) is 12.0. The zero-order chi connectivity index (χ0) is 13.9. The van der Waals surface area contributed by atoms with Gasteiger partial charge in [-0.05, 0) is 25.2 Å². The summed E-state index contributed by atoms with van der Waals surface area (Å²) in [5, 5.41) is 6.98. The number of hydrogen-bond acceptors (Lipinski definition) is 4. The van der Waals surface area contributed by atoms with Crippen LogP contribution >= 0.6 is 0 Å². The molecule has 0 spiro atoms. The van der Waals surface area contributed by atoms with Crippen molar-refractivity contribution in [1.29, 1.82) is 0 Å². The summed E-state index contributed by atoms with van der Waals surface area (Å²) in [5.74, 6) is 0.880. The summed E-state index contributed by atoms with van der Waals surface area (Å²) >= 11 is 0. The van der Waals surface area contributed by atoms with E-state index in [1.807, 2.05) is 6.07 Å². The summed E-state index contributed by atoms with van der Waals surface area (Å²) in [6.07, 6.45) is 1.75. The van der Waals surface area contributed by atoms with Crippen LogP contribution < -0.4 is 9.64 Å². The lowest BCUT2D eigenvalue weighted by molar-refractivity contribution is 0.312. The van der Waals surface area contributed by atoms with Crippen molar-refractivity contribution in [2.24, 2.45) is 0 Å². The van der Waals surface area contributed by atoms with Crippen molar-refractivity contribution in [3.63, 3.8) is 0 Å². The number of hydrogen-bond donors (Lipinski definition) is 1. The third kappa shape index (κ3) is 2.49. The van der Waals surface area contributed by atoms with Crippen LogP contribution in [0.25, 0.3) is 11.3 Å². The molecule has 1 aliphatic heterocycles. The first-order valence-electron chi connectivity index (χ1n) is 6.89. The third-order valence-corrected chi connectivity index (χ3v) is 3.84. The fourth-order valence-corrected chi connectivity index (χ4v) is 2.57. The molecule has 0 atom stereocenters. The summed E-state index contributed by atoms with van der Waals surface area (Å²) in [6, 6.07) is 8.32. The van der Waals surface area contributed by atoms with Crippen LogP contribution in [0.5, 0.6) is 5.75 Å². The highest BCUT2D eigenvalue weighted by molar-refractivity contribution is 5.71. The van der Waals surface area contributed by atoms with Gasteiger partial charge in [-0.25, -0.2) is 0 Å². The molecule has 1 N–H and O–H groups in total. The lowest BCUT2D eigenvalue weighted by Crippen LogP contribution is -2.44. The minimum atomic E-state index is 0.880. The van der Waals surface area contributed by atoms with Crippen molar-refractivity contribution in [3.05, 3.63) is 30.5 Å². The Labute approximate surface area is 119 Å². The number of benzene rings is 1. The molecule has 106 valence electrons. The number of methoxy groups -OCH3 is 1. The predicted molar refractivity (Wildman–Crippen MR) is 80.3 cm³/mol. The van der Waals surface area contributed by atoms with Gasteiger partial charge in [0.1, 0.15) is 5.75 Å². The van der Waals surface area contributed by atoms with E-state index in [0.717, 1.165) is 43.2 Å². The van der Waals surface area contributed by atoms with Gasteiger partial charge in [-0.15, -0.1) is 0 Å². The average molecular weight is 272 g/mol. The quantitative estimate of drug-likeness (QED) is 0.926. The molecule has 20 heavy (non-hydrogen) atoms. The van der Waals surface area contributed by atoms with Crippen LogP contribution in [0.15, 0.2) is 30.5 Å². The predicted octanol–water partition coefficient (Wildman–Crippen LogP) is 1.84. The Bertz CT molecular complexity index is 559. The maximum atomic E-state index is 5.54. The fraction of sp³-hybridized carbons (Fsp3) is 0.400. The molecular weight excluding hydrogens is 252 g/mol. The topological polar surface area (TPSA) is 44.4 Å². The smallest absolute Gasteiger partial charge is 0.130 e. The number of nitrogens with one attached hydrogen (secondary N) is 1. The van der Waals surface area contributed by atoms with E-state index in [4.69, 9.17) is 4.74 Å². The Morgan fingerprint density at radius 2 is 1.95 bits per heavy atom. The van der Waals surface area contributed by atoms with Crippen molar-refractivity contribution in [3.8, 4) is 17.0 Å². The first-order valence-corrected chi connectivity index (χ1v) is 6.89. The second kappa shape index (κ2) is 5.54. The Morgan fingerprint density at radius 3 is 2.60 bits per heavy atom. The molecule has 0 unspecified atom stereocenters. The largest absolute Gasteiger partial charge is 0.496 e. The maximum absolute atomic E-state index is 5.54. The van der Waals surface area contributed by atoms with Crippen LogP contribution in [0, 0.1) is 0 Å². The van der Waals surface area contributed by atoms with Gasteiger partial charge in [0.25, 0.3) is 0 Å². The summed E-state index contributed by atoms with van der Waals surface area (Å²) in [5.41, 5.74) is 3.24. The molecule has 0 saturated carbocycles. The highest BCUT2D eigenvalue weighted by Crippen LogP contribution is 2.32. The summed E-state index contributed by atoms with van der Waals surface area (Å²) in [7, 11) is 3.88. The van der Waals surface area contributed by atoms with Crippen molar-refractivity contribution < 1.29 is 4.74 Å². The number of nitrogens with zero attached hydrogens (tertiary/aromatic N) is 3. The van der Waals surface area contributed by atoms with Gasteiger partial charge < -0.3 is 14.5 Å². The monoisotopic (exact) mass is 272 g/mol. The van der Waals surface area contributed by atoms with Crippen LogP contribution in [0.4, 0.5) is 5.69 Å². The molecule has 2 aromatic rings. The molecule has 1 saturated heterocycles. The van der Waals surface area contributed by atoms with Gasteiger partial charge >= 0.3 is 0 Å². The van der Waals surface area contributed by atoms with Gasteiger partial charge in [0.05, 0.1) is 12.8 Å². The van der Waals surface area contributed by atoms with E-state index in [2.05, 4.69) is 45.2 Å². The van der Waals surface area contributed by atoms with E-state index < -0.39 is 0 Å². The van der Waals surface area contributed by atoms with E-state index >= 15 is 0 Å². The van der Waals surface area contributed by atoms with Crippen LogP contribution in [0.1, 0.15) is 0 Å². The number of anilines is 1. The van der Waals surface area contributed by atoms with E-state index in [1.54, 1.807) is 13.3 Å². The number of aromatic amines is 1. The number of H-pyrrole nitrogens is 1. The molecule has 1 fully saturated rings. The van der Waals surface area contributed by atoms with E-state index in [-0.39, 0.29) is 0 Å². The molecule has 5 nitrogen and oxygen atoms in total. The van der Waals surface area contributed by atoms with E-state index in [9.17, 15) is 0 Å². The second-order valence-corrected chi connectivity index (χ2v) is 5.15. The van der Waals surface area contributed by atoms with Gasteiger partial charge in [0.15, 0.2) is 0 Å². The fourth-order valence-electron chi connectivity index (χ4n) is 2.57. The normalized spacial score (nSPS) is 16.4. The molecule has 0 aliphatic carbocycles. The van der Waals surface area contributed by atoms with Crippen molar-refractivity contribution >= 4 is 5.69 Å². The maximum Gasteiger partial charge on any atom is 0.130 e. The Balaban J connectivity index is 1.87. The van der Waals surface area contributed by atoms with Gasteiger partial charge in [0.2, 0.25) is 0 Å². The number of likely N-dealkylation sites (N-methyl/N-ethyl adjacent to an activating group) is 1. The van der Waals surface area contributed by atoms with Gasteiger partial charge in [-0.3, -0.25) is 5.10 Å². The number of rotatable bonds is 3. The highest BCUT2D eigenvalue weighted by Gasteiger charge is 2.16. The van der Waals surface area contributed by atoms with Crippen LogP contribution in [0.2, 0.25) is 0 Å². The molecule has 0 bridgehead atoms.